The van der Waals surface area contributed by atoms with Gasteiger partial charge >= 0.3 is 0 Å². The van der Waals surface area contributed by atoms with E-state index in [2.05, 4.69) is 26.4 Å². The van der Waals surface area contributed by atoms with Gasteiger partial charge in [0.25, 0.3) is 0 Å². The Bertz CT molecular complexity index is 510. The molecule has 0 saturated heterocycles. The van der Waals surface area contributed by atoms with Gasteiger partial charge in [0.05, 0.1) is 5.69 Å². The molecule has 0 atom stereocenters. The Labute approximate surface area is 120 Å². The third-order valence-electron chi connectivity index (χ3n) is 3.61. The summed E-state index contributed by atoms with van der Waals surface area (Å²) in [5.74, 6) is -0.221. The molecule has 1 aliphatic rings. The number of nitrogens with two attached hydrogens (primary N) is 1. The van der Waals surface area contributed by atoms with Gasteiger partial charge in [-0.25, -0.2) is 0 Å². The zero-order valence-electron chi connectivity index (χ0n) is 10.4. The minimum Gasteiger partial charge on any atom is -0.409 e. The van der Waals surface area contributed by atoms with Crippen molar-refractivity contribution in [1.29, 1.82) is 0 Å². The average Bonchev–Trinajstić information content (AvgIpc) is 2.91. The largest absolute Gasteiger partial charge is 0.409 e. The van der Waals surface area contributed by atoms with Gasteiger partial charge in [-0.15, -0.1) is 0 Å². The number of nitrogens with one attached hydrogen (secondary N) is 1. The third-order valence-corrected chi connectivity index (χ3v) is 4.30. The summed E-state index contributed by atoms with van der Waals surface area (Å²) in [6.07, 6.45) is 3.03. The third kappa shape index (κ3) is 2.58. The monoisotopic (exact) mass is 325 g/mol. The van der Waals surface area contributed by atoms with Crippen molar-refractivity contribution in [3.63, 3.8) is 0 Å². The fraction of sp³-hybridized carbons (Fsp3) is 0.385. The number of nitrogens with zero attached hydrogens (tertiary/aromatic N) is 1. The van der Waals surface area contributed by atoms with Gasteiger partial charge in [-0.3, -0.25) is 4.79 Å². The van der Waals surface area contributed by atoms with E-state index in [0.717, 1.165) is 17.3 Å². The second kappa shape index (κ2) is 5.61. The summed E-state index contributed by atoms with van der Waals surface area (Å²) in [6.45, 7) is 0. The molecule has 0 heterocycles. The number of para-hydroxylation sites is 1. The first-order valence-corrected chi connectivity index (χ1v) is 6.93. The van der Waals surface area contributed by atoms with E-state index in [9.17, 15) is 4.79 Å². The molecule has 0 aliphatic heterocycles. The zero-order valence-corrected chi connectivity index (χ0v) is 12.0. The summed E-state index contributed by atoms with van der Waals surface area (Å²) in [5, 5.41) is 14.8. The topological polar surface area (TPSA) is 87.7 Å². The second-order valence-electron chi connectivity index (χ2n) is 4.71. The molecule has 4 N–H and O–H groups in total. The number of amides is 1. The van der Waals surface area contributed by atoms with Crippen molar-refractivity contribution in [2.75, 3.05) is 5.32 Å². The first-order valence-electron chi connectivity index (χ1n) is 6.14. The molecular formula is C13H16BrN3O2. The van der Waals surface area contributed by atoms with E-state index < -0.39 is 5.41 Å². The zero-order chi connectivity index (χ0) is 13.9. The highest BCUT2D eigenvalue weighted by atomic mass is 79.9. The van der Waals surface area contributed by atoms with E-state index in [1.807, 2.05) is 18.2 Å². The van der Waals surface area contributed by atoms with Crippen LogP contribution in [0.1, 0.15) is 25.7 Å². The van der Waals surface area contributed by atoms with Crippen molar-refractivity contribution in [3.05, 3.63) is 28.7 Å². The van der Waals surface area contributed by atoms with E-state index >= 15 is 0 Å². The lowest BCUT2D eigenvalue weighted by Crippen LogP contribution is -2.45. The SMILES string of the molecule is NC(=NO)C1(C(=O)Nc2ccccc2Br)CCCC1. The van der Waals surface area contributed by atoms with Crippen molar-refractivity contribution in [2.45, 2.75) is 25.7 Å². The smallest absolute Gasteiger partial charge is 0.238 e. The van der Waals surface area contributed by atoms with Crippen molar-refractivity contribution in [1.82, 2.24) is 0 Å². The fourth-order valence-corrected chi connectivity index (χ4v) is 2.86. The van der Waals surface area contributed by atoms with E-state index in [-0.39, 0.29) is 11.7 Å². The highest BCUT2D eigenvalue weighted by molar-refractivity contribution is 9.10. The molecule has 1 aromatic rings. The Balaban J connectivity index is 2.25. The minimum atomic E-state index is -0.885. The number of anilines is 1. The number of amidine groups is 1. The Morgan fingerprint density at radius 3 is 2.58 bits per heavy atom. The van der Waals surface area contributed by atoms with Crippen LogP contribution in [0.15, 0.2) is 33.9 Å². The number of rotatable bonds is 3. The molecule has 1 amide bonds. The minimum absolute atomic E-state index is 0.00504. The molecule has 102 valence electrons. The molecular weight excluding hydrogens is 310 g/mol. The summed E-state index contributed by atoms with van der Waals surface area (Å²) >= 11 is 3.38. The second-order valence-corrected chi connectivity index (χ2v) is 5.56. The summed E-state index contributed by atoms with van der Waals surface area (Å²) in [5.41, 5.74) is 5.53. The van der Waals surface area contributed by atoms with Crippen LogP contribution >= 0.6 is 15.9 Å². The van der Waals surface area contributed by atoms with Crippen LogP contribution in [0.4, 0.5) is 5.69 Å². The Morgan fingerprint density at radius 1 is 1.37 bits per heavy atom. The molecule has 1 aliphatic carbocycles. The first-order chi connectivity index (χ1) is 9.10. The summed E-state index contributed by atoms with van der Waals surface area (Å²) in [6, 6.07) is 7.36. The van der Waals surface area contributed by atoms with Gasteiger partial charge in [0.15, 0.2) is 5.84 Å². The molecule has 5 nitrogen and oxygen atoms in total. The number of benzene rings is 1. The van der Waals surface area contributed by atoms with Crippen LogP contribution in [0.25, 0.3) is 0 Å². The van der Waals surface area contributed by atoms with Gasteiger partial charge in [0, 0.05) is 4.47 Å². The van der Waals surface area contributed by atoms with Crippen LogP contribution in [-0.2, 0) is 4.79 Å². The lowest BCUT2D eigenvalue weighted by Gasteiger charge is -2.26. The van der Waals surface area contributed by atoms with Crippen LogP contribution < -0.4 is 11.1 Å². The van der Waals surface area contributed by atoms with Crippen molar-refractivity contribution in [2.24, 2.45) is 16.3 Å². The van der Waals surface area contributed by atoms with Crippen LogP contribution in [0, 0.1) is 5.41 Å². The van der Waals surface area contributed by atoms with E-state index in [0.29, 0.717) is 18.5 Å². The van der Waals surface area contributed by atoms with E-state index in [1.54, 1.807) is 6.07 Å². The quantitative estimate of drug-likeness (QED) is 0.345. The van der Waals surface area contributed by atoms with Gasteiger partial charge in [0.1, 0.15) is 5.41 Å². The number of oxime groups is 1. The Hall–Kier alpha value is -1.56. The number of carbonyl (C=O) groups excluding carboxylic acids is 1. The molecule has 0 unspecified atom stereocenters. The summed E-state index contributed by atoms with van der Waals surface area (Å²) in [7, 11) is 0. The molecule has 0 bridgehead atoms. The molecule has 1 saturated carbocycles. The average molecular weight is 326 g/mol. The maximum atomic E-state index is 12.5. The maximum absolute atomic E-state index is 12.5. The molecule has 0 spiro atoms. The molecule has 0 radical (unpaired) electrons. The Morgan fingerprint density at radius 2 is 2.00 bits per heavy atom. The molecule has 1 aromatic carbocycles. The summed E-state index contributed by atoms with van der Waals surface area (Å²) in [4.78, 5) is 12.5. The lowest BCUT2D eigenvalue weighted by molar-refractivity contribution is -0.122. The fourth-order valence-electron chi connectivity index (χ4n) is 2.48. The molecule has 2 rings (SSSR count). The van der Waals surface area contributed by atoms with E-state index in [4.69, 9.17) is 10.9 Å². The van der Waals surface area contributed by atoms with Crippen LogP contribution in [0.3, 0.4) is 0 Å². The number of carbonyl (C=O) groups is 1. The molecule has 1 fully saturated rings. The number of hydrogen-bond acceptors (Lipinski definition) is 3. The predicted molar refractivity (Wildman–Crippen MR) is 77.1 cm³/mol. The standard InChI is InChI=1S/C13H16BrN3O2/c14-9-5-1-2-6-10(9)16-12(18)13(11(15)17-19)7-3-4-8-13/h1-2,5-6,19H,3-4,7-8H2,(H2,15,17)(H,16,18). The van der Waals surface area contributed by atoms with E-state index in [1.165, 1.54) is 0 Å². The van der Waals surface area contributed by atoms with Crippen LogP contribution in [0.2, 0.25) is 0 Å². The van der Waals surface area contributed by atoms with Crippen molar-refractivity contribution in [3.8, 4) is 0 Å². The number of halogens is 1. The normalized spacial score (nSPS) is 18.3. The van der Waals surface area contributed by atoms with Crippen LogP contribution in [-0.4, -0.2) is 17.0 Å². The van der Waals surface area contributed by atoms with Crippen LogP contribution in [0.5, 0.6) is 0 Å². The molecule has 0 aromatic heterocycles. The Kier molecular flexibility index (Phi) is 4.09. The van der Waals surface area contributed by atoms with Gasteiger partial charge < -0.3 is 16.3 Å². The highest BCUT2D eigenvalue weighted by Gasteiger charge is 2.45. The number of hydrogen-bond donors (Lipinski definition) is 3. The van der Waals surface area contributed by atoms with Gasteiger partial charge in [0.2, 0.25) is 5.91 Å². The molecule has 6 heteroatoms. The van der Waals surface area contributed by atoms with Crippen molar-refractivity contribution < 1.29 is 10.0 Å². The lowest BCUT2D eigenvalue weighted by atomic mass is 9.83. The van der Waals surface area contributed by atoms with Gasteiger partial charge in [-0.05, 0) is 40.9 Å². The first kappa shape index (κ1) is 13.9. The molecule has 19 heavy (non-hydrogen) atoms. The van der Waals surface area contributed by atoms with Crippen molar-refractivity contribution >= 4 is 33.4 Å². The predicted octanol–water partition coefficient (Wildman–Crippen LogP) is 2.69. The van der Waals surface area contributed by atoms with Gasteiger partial charge in [-0.1, -0.05) is 30.1 Å². The summed E-state index contributed by atoms with van der Waals surface area (Å²) < 4.78 is 0.802. The van der Waals surface area contributed by atoms with Gasteiger partial charge in [-0.2, -0.15) is 0 Å². The maximum Gasteiger partial charge on any atom is 0.238 e. The highest BCUT2D eigenvalue weighted by Crippen LogP contribution is 2.39.